The van der Waals surface area contributed by atoms with E-state index in [2.05, 4.69) is 34.0 Å². The Morgan fingerprint density at radius 2 is 1.95 bits per heavy atom. The topological polar surface area (TPSA) is 40.1 Å². The monoisotopic (exact) mass is 422 g/mol. The molecule has 1 saturated carbocycles. The first kappa shape index (κ1) is 18.3. The molecular weight excluding hydrogens is 391 g/mol. The van der Waals surface area contributed by atoms with Crippen LogP contribution in [0.2, 0.25) is 0 Å². The molecule has 0 spiro atoms. The molecule has 2 aliphatic heterocycles. The Labute approximate surface area is 151 Å². The van der Waals surface area contributed by atoms with E-state index in [1.165, 1.54) is 19.4 Å². The van der Waals surface area contributed by atoms with Gasteiger partial charge < -0.3 is 15.0 Å². The molecule has 2 heterocycles. The number of hydrogen-bond donors (Lipinski definition) is 1. The molecule has 1 aliphatic carbocycles. The minimum atomic E-state index is 0. The number of rotatable bonds is 3. The van der Waals surface area contributed by atoms with Crippen molar-refractivity contribution in [3.63, 3.8) is 0 Å². The summed E-state index contributed by atoms with van der Waals surface area (Å²) in [7, 11) is 1.90. The first-order valence-corrected chi connectivity index (χ1v) is 8.37. The Hall–Kier alpha value is -0.0800. The summed E-state index contributed by atoms with van der Waals surface area (Å²) in [5.41, 5.74) is 0.445. The number of halogens is 1. The molecule has 0 radical (unpaired) electrons. The molecule has 3 rings (SSSR count). The van der Waals surface area contributed by atoms with Crippen molar-refractivity contribution in [3.8, 4) is 0 Å². The molecule has 2 atom stereocenters. The first-order chi connectivity index (χ1) is 10.1. The lowest BCUT2D eigenvalue weighted by Crippen LogP contribution is -2.53. The Morgan fingerprint density at radius 1 is 1.27 bits per heavy atom. The highest BCUT2D eigenvalue weighted by molar-refractivity contribution is 14.0. The van der Waals surface area contributed by atoms with E-state index in [0.29, 0.717) is 11.5 Å². The van der Waals surface area contributed by atoms with Crippen LogP contribution in [-0.4, -0.2) is 74.8 Å². The van der Waals surface area contributed by atoms with Gasteiger partial charge in [0.25, 0.3) is 0 Å². The summed E-state index contributed by atoms with van der Waals surface area (Å²) < 4.78 is 5.48. The molecule has 0 aromatic carbocycles. The summed E-state index contributed by atoms with van der Waals surface area (Å²) >= 11 is 0. The summed E-state index contributed by atoms with van der Waals surface area (Å²) in [5.74, 6) is 1.84. The van der Waals surface area contributed by atoms with Crippen LogP contribution in [0, 0.1) is 11.3 Å². The lowest BCUT2D eigenvalue weighted by Gasteiger charge is -2.37. The minimum Gasteiger partial charge on any atom is -0.381 e. The Morgan fingerprint density at radius 3 is 2.45 bits per heavy atom. The zero-order chi connectivity index (χ0) is 14.9. The summed E-state index contributed by atoms with van der Waals surface area (Å²) in [4.78, 5) is 9.48. The molecule has 6 heteroatoms. The first-order valence-electron chi connectivity index (χ1n) is 8.37. The molecule has 128 valence electrons. The van der Waals surface area contributed by atoms with Gasteiger partial charge in [0.2, 0.25) is 0 Å². The predicted octanol–water partition coefficient (Wildman–Crippen LogP) is 1.63. The fourth-order valence-electron chi connectivity index (χ4n) is 3.40. The van der Waals surface area contributed by atoms with Gasteiger partial charge in [0.05, 0.1) is 6.61 Å². The second kappa shape index (κ2) is 7.66. The average Bonchev–Trinajstić information content (AvgIpc) is 2.87. The molecule has 5 nitrogen and oxygen atoms in total. The summed E-state index contributed by atoms with van der Waals surface area (Å²) in [6.45, 7) is 12.2. The van der Waals surface area contributed by atoms with Crippen molar-refractivity contribution in [2.45, 2.75) is 32.7 Å². The largest absolute Gasteiger partial charge is 0.381 e. The molecule has 0 aromatic rings. The van der Waals surface area contributed by atoms with Crippen LogP contribution < -0.4 is 5.32 Å². The van der Waals surface area contributed by atoms with E-state index in [0.717, 1.165) is 51.3 Å². The molecule has 0 aromatic heterocycles. The molecule has 2 unspecified atom stereocenters. The van der Waals surface area contributed by atoms with Crippen molar-refractivity contribution < 1.29 is 4.74 Å². The predicted molar refractivity (Wildman–Crippen MR) is 101 cm³/mol. The lowest BCUT2D eigenvalue weighted by atomic mass is 10.1. The van der Waals surface area contributed by atoms with Crippen molar-refractivity contribution in [3.05, 3.63) is 0 Å². The minimum absolute atomic E-state index is 0. The maximum absolute atomic E-state index is 5.48. The van der Waals surface area contributed by atoms with E-state index in [-0.39, 0.29) is 24.0 Å². The van der Waals surface area contributed by atoms with Gasteiger partial charge >= 0.3 is 0 Å². The maximum atomic E-state index is 5.48. The van der Waals surface area contributed by atoms with Gasteiger partial charge in [-0.05, 0) is 24.2 Å². The third kappa shape index (κ3) is 4.47. The van der Waals surface area contributed by atoms with Gasteiger partial charge in [0.1, 0.15) is 0 Å². The fourth-order valence-corrected chi connectivity index (χ4v) is 3.40. The highest BCUT2D eigenvalue weighted by Crippen LogP contribution is 2.44. The molecule has 2 saturated heterocycles. The van der Waals surface area contributed by atoms with Gasteiger partial charge in [-0.3, -0.25) is 9.89 Å². The van der Waals surface area contributed by atoms with E-state index in [1.807, 2.05) is 7.05 Å². The van der Waals surface area contributed by atoms with Gasteiger partial charge in [0.15, 0.2) is 5.96 Å². The smallest absolute Gasteiger partial charge is 0.193 e. The highest BCUT2D eigenvalue weighted by Gasteiger charge is 2.46. The second-order valence-electron chi connectivity index (χ2n) is 7.45. The van der Waals surface area contributed by atoms with Gasteiger partial charge in [0, 0.05) is 52.4 Å². The summed E-state index contributed by atoms with van der Waals surface area (Å²) in [6, 6.07) is 0.602. The number of ether oxygens (including phenoxy) is 1. The van der Waals surface area contributed by atoms with Gasteiger partial charge in [-0.25, -0.2) is 0 Å². The van der Waals surface area contributed by atoms with Crippen molar-refractivity contribution in [2.75, 3.05) is 53.0 Å². The third-order valence-electron chi connectivity index (χ3n) is 5.24. The van der Waals surface area contributed by atoms with Crippen LogP contribution in [0.4, 0.5) is 0 Å². The number of hydrogen-bond acceptors (Lipinski definition) is 3. The Kier molecular flexibility index (Phi) is 6.36. The van der Waals surface area contributed by atoms with Crippen LogP contribution in [-0.2, 0) is 4.74 Å². The van der Waals surface area contributed by atoms with Crippen molar-refractivity contribution in [2.24, 2.45) is 16.3 Å². The quantitative estimate of drug-likeness (QED) is 0.427. The van der Waals surface area contributed by atoms with Crippen molar-refractivity contribution in [1.82, 2.24) is 15.1 Å². The number of piperazine rings is 1. The molecule has 3 fully saturated rings. The zero-order valence-electron chi connectivity index (χ0n) is 14.2. The molecule has 0 bridgehead atoms. The number of nitrogens with one attached hydrogen (secondary N) is 1. The SMILES string of the molecule is CN=C(NC1CC1(C)C)N1CCN(CC2CCOC2)CC1.I. The van der Waals surface area contributed by atoms with Gasteiger partial charge in [-0.15, -0.1) is 24.0 Å². The van der Waals surface area contributed by atoms with Gasteiger partial charge in [-0.2, -0.15) is 0 Å². The summed E-state index contributed by atoms with van der Waals surface area (Å²) in [5, 5.41) is 3.63. The standard InChI is InChI=1S/C16H30N4O.HI/c1-16(2)10-14(16)18-15(17-3)20-7-5-19(6-8-20)11-13-4-9-21-12-13;/h13-14H,4-12H2,1-3H3,(H,17,18);1H. The van der Waals surface area contributed by atoms with Crippen LogP contribution in [0.1, 0.15) is 26.7 Å². The maximum Gasteiger partial charge on any atom is 0.193 e. The van der Waals surface area contributed by atoms with Crippen LogP contribution >= 0.6 is 24.0 Å². The molecule has 22 heavy (non-hydrogen) atoms. The van der Waals surface area contributed by atoms with E-state index in [4.69, 9.17) is 4.74 Å². The van der Waals surface area contributed by atoms with Crippen LogP contribution in [0.15, 0.2) is 4.99 Å². The van der Waals surface area contributed by atoms with Crippen LogP contribution in [0.3, 0.4) is 0 Å². The molecule has 3 aliphatic rings. The summed E-state index contributed by atoms with van der Waals surface area (Å²) in [6.07, 6.45) is 2.49. The third-order valence-corrected chi connectivity index (χ3v) is 5.24. The van der Waals surface area contributed by atoms with E-state index >= 15 is 0 Å². The van der Waals surface area contributed by atoms with Crippen molar-refractivity contribution in [1.29, 1.82) is 0 Å². The Bertz CT molecular complexity index is 388. The van der Waals surface area contributed by atoms with E-state index < -0.39 is 0 Å². The second-order valence-corrected chi connectivity index (χ2v) is 7.45. The van der Waals surface area contributed by atoms with Gasteiger partial charge in [-0.1, -0.05) is 13.8 Å². The van der Waals surface area contributed by atoms with Crippen molar-refractivity contribution >= 4 is 29.9 Å². The van der Waals surface area contributed by atoms with E-state index in [9.17, 15) is 0 Å². The average molecular weight is 422 g/mol. The fraction of sp³-hybridized carbons (Fsp3) is 0.938. The van der Waals surface area contributed by atoms with Crippen LogP contribution in [0.25, 0.3) is 0 Å². The molecule has 1 N–H and O–H groups in total. The number of nitrogens with zero attached hydrogens (tertiary/aromatic N) is 3. The number of aliphatic imine (C=N–C) groups is 1. The van der Waals surface area contributed by atoms with Crippen LogP contribution in [0.5, 0.6) is 0 Å². The molecule has 0 amide bonds. The Balaban J connectivity index is 0.00000176. The lowest BCUT2D eigenvalue weighted by molar-refractivity contribution is 0.139. The molecular formula is C16H31IN4O. The normalized spacial score (nSPS) is 31.8. The highest BCUT2D eigenvalue weighted by atomic mass is 127. The van der Waals surface area contributed by atoms with E-state index in [1.54, 1.807) is 0 Å². The zero-order valence-corrected chi connectivity index (χ0v) is 16.5. The number of guanidine groups is 1.